The van der Waals surface area contributed by atoms with E-state index in [2.05, 4.69) is 6.92 Å². The van der Waals surface area contributed by atoms with Gasteiger partial charge >= 0.3 is 0 Å². The number of hydrogen-bond acceptors (Lipinski definition) is 5. The average Bonchev–Trinajstić information content (AvgIpc) is 2.78. The van der Waals surface area contributed by atoms with E-state index < -0.39 is 5.60 Å². The number of Topliss-reactive ketones (excluding diaryl/α,β-unsaturated/α-hetero) is 1. The van der Waals surface area contributed by atoms with Gasteiger partial charge in [0.1, 0.15) is 24.6 Å². The molecule has 1 amide bonds. The Labute approximate surface area is 175 Å². The number of piperidine rings is 1. The second-order valence-electron chi connectivity index (χ2n) is 8.22. The Hall–Kier alpha value is -3.02. The van der Waals surface area contributed by atoms with Crippen LogP contribution < -0.4 is 14.2 Å². The summed E-state index contributed by atoms with van der Waals surface area (Å²) >= 11 is 0. The van der Waals surface area contributed by atoms with Crippen LogP contribution in [-0.2, 0) is 6.42 Å². The molecule has 2 aromatic carbocycles. The third-order valence-electron chi connectivity index (χ3n) is 6.31. The number of aryl methyl sites for hydroxylation is 1. The van der Waals surface area contributed by atoms with Crippen LogP contribution in [0.2, 0.25) is 0 Å². The summed E-state index contributed by atoms with van der Waals surface area (Å²) in [6.45, 7) is 4.21. The molecule has 0 atom stereocenters. The third kappa shape index (κ3) is 3.30. The first-order valence-corrected chi connectivity index (χ1v) is 10.6. The van der Waals surface area contributed by atoms with Crippen molar-refractivity contribution in [3.63, 3.8) is 0 Å². The van der Waals surface area contributed by atoms with Crippen LogP contribution in [0, 0.1) is 0 Å². The molecular weight excluding hydrogens is 382 g/mol. The Kier molecular flexibility index (Phi) is 4.65. The summed E-state index contributed by atoms with van der Waals surface area (Å²) in [6.07, 6.45) is 2.55. The van der Waals surface area contributed by atoms with E-state index in [1.165, 1.54) is 0 Å². The van der Waals surface area contributed by atoms with Gasteiger partial charge in [-0.3, -0.25) is 9.59 Å². The van der Waals surface area contributed by atoms with Gasteiger partial charge in [0.25, 0.3) is 5.91 Å². The van der Waals surface area contributed by atoms with E-state index >= 15 is 0 Å². The lowest BCUT2D eigenvalue weighted by Crippen LogP contribution is -2.52. The van der Waals surface area contributed by atoms with E-state index in [9.17, 15) is 9.59 Å². The van der Waals surface area contributed by atoms with E-state index in [1.54, 1.807) is 18.2 Å². The van der Waals surface area contributed by atoms with Crippen LogP contribution in [0.3, 0.4) is 0 Å². The van der Waals surface area contributed by atoms with Crippen molar-refractivity contribution in [1.82, 2.24) is 4.90 Å². The zero-order valence-corrected chi connectivity index (χ0v) is 17.1. The first kappa shape index (κ1) is 19.0. The zero-order chi connectivity index (χ0) is 20.7. The van der Waals surface area contributed by atoms with Gasteiger partial charge < -0.3 is 19.1 Å². The van der Waals surface area contributed by atoms with E-state index in [1.807, 2.05) is 23.1 Å². The van der Waals surface area contributed by atoms with Crippen molar-refractivity contribution < 1.29 is 23.8 Å². The Morgan fingerprint density at radius 1 is 1.00 bits per heavy atom. The van der Waals surface area contributed by atoms with Crippen molar-refractivity contribution in [3.8, 4) is 17.2 Å². The molecule has 3 aliphatic rings. The summed E-state index contributed by atoms with van der Waals surface area (Å²) in [5, 5.41) is 0. The number of nitrogens with zero attached hydrogens (tertiary/aromatic N) is 1. The molecule has 0 aliphatic carbocycles. The number of rotatable bonds is 2. The van der Waals surface area contributed by atoms with E-state index in [0.29, 0.717) is 73.9 Å². The van der Waals surface area contributed by atoms with Crippen molar-refractivity contribution in [2.45, 2.75) is 38.2 Å². The maximum atomic E-state index is 13.0. The minimum absolute atomic E-state index is 0.0306. The van der Waals surface area contributed by atoms with Crippen molar-refractivity contribution in [2.75, 3.05) is 26.3 Å². The highest BCUT2D eigenvalue weighted by atomic mass is 16.6. The van der Waals surface area contributed by atoms with Gasteiger partial charge in [-0.15, -0.1) is 0 Å². The highest BCUT2D eigenvalue weighted by Gasteiger charge is 2.43. The van der Waals surface area contributed by atoms with Crippen LogP contribution >= 0.6 is 0 Å². The normalized spacial score (nSPS) is 19.2. The minimum Gasteiger partial charge on any atom is -0.486 e. The number of hydrogen-bond donors (Lipinski definition) is 0. The summed E-state index contributed by atoms with van der Waals surface area (Å²) < 4.78 is 17.5. The minimum atomic E-state index is -0.513. The molecule has 1 saturated heterocycles. The van der Waals surface area contributed by atoms with Crippen LogP contribution in [0.25, 0.3) is 0 Å². The molecule has 156 valence electrons. The van der Waals surface area contributed by atoms with Gasteiger partial charge in [0.15, 0.2) is 17.3 Å². The van der Waals surface area contributed by atoms with Gasteiger partial charge in [-0.2, -0.15) is 0 Å². The molecule has 3 aliphatic heterocycles. The SMILES string of the molecule is CCc1ccc2c(c1)C(=O)CC1(CCN(C(=O)c3ccc4c(c3)OCCO4)CC1)O2. The molecule has 1 fully saturated rings. The fourth-order valence-corrected chi connectivity index (χ4v) is 4.52. The van der Waals surface area contributed by atoms with Crippen LogP contribution in [0.1, 0.15) is 52.5 Å². The Morgan fingerprint density at radius 3 is 2.50 bits per heavy atom. The molecule has 0 radical (unpaired) electrons. The van der Waals surface area contributed by atoms with Gasteiger partial charge in [0.2, 0.25) is 0 Å². The van der Waals surface area contributed by atoms with Crippen LogP contribution in [0.4, 0.5) is 0 Å². The fraction of sp³-hybridized carbons (Fsp3) is 0.417. The third-order valence-corrected chi connectivity index (χ3v) is 6.31. The van der Waals surface area contributed by atoms with E-state index in [4.69, 9.17) is 14.2 Å². The first-order chi connectivity index (χ1) is 14.6. The van der Waals surface area contributed by atoms with Crippen molar-refractivity contribution in [1.29, 1.82) is 0 Å². The molecule has 30 heavy (non-hydrogen) atoms. The first-order valence-electron chi connectivity index (χ1n) is 10.6. The molecular formula is C24H25NO5. The number of ketones is 1. The molecule has 6 heteroatoms. The largest absolute Gasteiger partial charge is 0.486 e. The molecule has 0 aromatic heterocycles. The highest BCUT2D eigenvalue weighted by Crippen LogP contribution is 2.40. The number of carbonyl (C=O) groups is 2. The van der Waals surface area contributed by atoms with Gasteiger partial charge in [0, 0.05) is 31.5 Å². The summed E-state index contributed by atoms with van der Waals surface area (Å²) in [4.78, 5) is 27.7. The monoisotopic (exact) mass is 407 g/mol. The predicted molar refractivity (Wildman–Crippen MR) is 111 cm³/mol. The van der Waals surface area contributed by atoms with Crippen molar-refractivity contribution >= 4 is 11.7 Å². The van der Waals surface area contributed by atoms with E-state index in [-0.39, 0.29) is 11.7 Å². The smallest absolute Gasteiger partial charge is 0.253 e. The highest BCUT2D eigenvalue weighted by molar-refractivity contribution is 6.00. The van der Waals surface area contributed by atoms with Crippen molar-refractivity contribution in [2.24, 2.45) is 0 Å². The van der Waals surface area contributed by atoms with Crippen molar-refractivity contribution in [3.05, 3.63) is 53.1 Å². The number of ether oxygens (including phenoxy) is 3. The molecule has 0 unspecified atom stereocenters. The standard InChI is InChI=1S/C24H25NO5/c1-2-16-3-5-20-18(13-16)19(26)15-24(30-20)7-9-25(10-8-24)23(27)17-4-6-21-22(14-17)29-12-11-28-21/h3-6,13-14H,2,7-12,15H2,1H3. The van der Waals surface area contributed by atoms with Crippen LogP contribution in [0.15, 0.2) is 36.4 Å². The lowest BCUT2D eigenvalue weighted by molar-refractivity contribution is -0.00574. The van der Waals surface area contributed by atoms with Gasteiger partial charge in [-0.25, -0.2) is 0 Å². The van der Waals surface area contributed by atoms with Gasteiger partial charge in [-0.1, -0.05) is 13.0 Å². The number of likely N-dealkylation sites (tertiary alicyclic amines) is 1. The fourth-order valence-electron chi connectivity index (χ4n) is 4.52. The Balaban J connectivity index is 1.29. The second kappa shape index (κ2) is 7.35. The molecule has 5 rings (SSSR count). The lowest BCUT2D eigenvalue weighted by Gasteiger charge is -2.44. The van der Waals surface area contributed by atoms with Gasteiger partial charge in [-0.05, 0) is 42.3 Å². The molecule has 6 nitrogen and oxygen atoms in total. The average molecular weight is 407 g/mol. The van der Waals surface area contributed by atoms with E-state index in [0.717, 1.165) is 12.0 Å². The number of carbonyl (C=O) groups excluding carboxylic acids is 2. The molecule has 0 bridgehead atoms. The summed E-state index contributed by atoms with van der Waals surface area (Å²) in [6, 6.07) is 11.2. The second-order valence-corrected chi connectivity index (χ2v) is 8.22. The Morgan fingerprint density at radius 2 is 1.73 bits per heavy atom. The summed E-state index contributed by atoms with van der Waals surface area (Å²) in [5.41, 5.74) is 1.91. The van der Waals surface area contributed by atoms with Crippen LogP contribution in [-0.4, -0.2) is 48.5 Å². The zero-order valence-electron chi connectivity index (χ0n) is 17.1. The predicted octanol–water partition coefficient (Wildman–Crippen LogP) is 3.66. The molecule has 3 heterocycles. The molecule has 2 aromatic rings. The quantitative estimate of drug-likeness (QED) is 0.760. The number of amides is 1. The van der Waals surface area contributed by atoms with Crippen LogP contribution in [0.5, 0.6) is 17.2 Å². The maximum absolute atomic E-state index is 13.0. The maximum Gasteiger partial charge on any atom is 0.253 e. The number of fused-ring (bicyclic) bond motifs is 2. The molecule has 0 saturated carbocycles. The molecule has 1 spiro atoms. The molecule has 0 N–H and O–H groups in total. The summed E-state index contributed by atoms with van der Waals surface area (Å²) in [5.74, 6) is 2.07. The number of benzene rings is 2. The lowest BCUT2D eigenvalue weighted by atomic mass is 9.82. The van der Waals surface area contributed by atoms with Gasteiger partial charge in [0.05, 0.1) is 12.0 Å². The Bertz CT molecular complexity index is 1010. The summed E-state index contributed by atoms with van der Waals surface area (Å²) in [7, 11) is 0. The topological polar surface area (TPSA) is 65.1 Å².